The molecule has 0 unspecified atom stereocenters. The van der Waals surface area contributed by atoms with E-state index in [1.165, 1.54) is 25.7 Å². The summed E-state index contributed by atoms with van der Waals surface area (Å²) in [4.78, 5) is 0. The Hall–Kier alpha value is 0.597. The Labute approximate surface area is 79.3 Å². The van der Waals surface area contributed by atoms with Gasteiger partial charge in [-0.2, -0.15) is 0 Å². The van der Waals surface area contributed by atoms with Crippen LogP contribution < -0.4 is 0 Å². The van der Waals surface area contributed by atoms with E-state index in [4.69, 9.17) is 0 Å². The molecule has 1 heteroatoms. The van der Waals surface area contributed by atoms with Gasteiger partial charge in [-0.25, -0.2) is 0 Å². The fraction of sp³-hybridized carbons (Fsp3) is 1.00. The minimum atomic E-state index is 0.597. The van der Waals surface area contributed by atoms with Crippen LogP contribution in [0.15, 0.2) is 0 Å². The van der Waals surface area contributed by atoms with Crippen molar-refractivity contribution in [3.8, 4) is 0 Å². The van der Waals surface area contributed by atoms with Crippen molar-refractivity contribution in [3.05, 3.63) is 0 Å². The Morgan fingerprint density at radius 1 is 0.909 bits per heavy atom. The Balaban J connectivity index is 2.46. The molecule has 2 saturated carbocycles. The second-order valence-electron chi connectivity index (χ2n) is 5.75. The van der Waals surface area contributed by atoms with E-state index in [2.05, 4.69) is 38.5 Å². The third kappa shape index (κ3) is 0.737. The van der Waals surface area contributed by atoms with Crippen molar-refractivity contribution < 1.29 is 0 Å². The first-order chi connectivity index (χ1) is 4.91. The summed E-state index contributed by atoms with van der Waals surface area (Å²) >= 11 is 2.49. The third-order valence-corrected chi connectivity index (χ3v) is 5.47. The van der Waals surface area contributed by atoms with E-state index >= 15 is 0 Å². The SMILES string of the molecule is [Li][C]12CCC(C)(CC1)C2(C)C. The maximum atomic E-state index is 2.49. The molecule has 11 heavy (non-hydrogen) atoms. The van der Waals surface area contributed by atoms with E-state index in [1.807, 2.05) is 0 Å². The second kappa shape index (κ2) is 1.91. The Kier molecular flexibility index (Phi) is 1.43. The van der Waals surface area contributed by atoms with Gasteiger partial charge in [0.1, 0.15) is 0 Å². The molecule has 0 radical (unpaired) electrons. The van der Waals surface area contributed by atoms with Crippen LogP contribution in [-0.2, 0) is 0 Å². The molecule has 0 heterocycles. The molecule has 0 amide bonds. The molecule has 0 aromatic heterocycles. The van der Waals surface area contributed by atoms with E-state index < -0.39 is 0 Å². The molecule has 0 N–H and O–H groups in total. The van der Waals surface area contributed by atoms with Crippen molar-refractivity contribution >= 4 is 17.7 Å². The summed E-state index contributed by atoms with van der Waals surface area (Å²) in [6.07, 6.45) is 5.88. The molecule has 58 valence electrons. The second-order valence-corrected chi connectivity index (χ2v) is 5.75. The number of hydrogen-bond acceptors (Lipinski definition) is 0. The molecule has 2 aliphatic carbocycles. The van der Waals surface area contributed by atoms with Gasteiger partial charge in [-0.3, -0.25) is 0 Å². The fourth-order valence-electron chi connectivity index (χ4n) is 3.33. The summed E-state index contributed by atoms with van der Waals surface area (Å²) in [5, 5.41) is 0. The van der Waals surface area contributed by atoms with E-state index in [1.54, 1.807) is 0 Å². The molecule has 0 atom stereocenters. The van der Waals surface area contributed by atoms with Crippen LogP contribution in [0.1, 0.15) is 46.5 Å². The van der Waals surface area contributed by atoms with Crippen LogP contribution in [0.4, 0.5) is 0 Å². The summed E-state index contributed by atoms with van der Waals surface area (Å²) in [6.45, 7) is 7.45. The summed E-state index contributed by atoms with van der Waals surface area (Å²) in [7, 11) is 0. The van der Waals surface area contributed by atoms with E-state index in [-0.39, 0.29) is 0 Å². The number of fused-ring (bicyclic) bond motifs is 2. The summed E-state index contributed by atoms with van der Waals surface area (Å²) < 4.78 is 0.668. The molecule has 0 nitrogen and oxygen atoms in total. The normalized spacial score (nSPS) is 53.5. The van der Waals surface area contributed by atoms with Gasteiger partial charge >= 0.3 is 79.1 Å². The molecular weight excluding hydrogens is 127 g/mol. The van der Waals surface area contributed by atoms with Crippen molar-refractivity contribution in [3.63, 3.8) is 0 Å². The number of rotatable bonds is 0. The Bertz CT molecular complexity index is 165. The molecule has 2 bridgehead atoms. The zero-order chi connectivity index (χ0) is 8.33. The Morgan fingerprint density at radius 2 is 1.36 bits per heavy atom. The average Bonchev–Trinajstić information content (AvgIpc) is 2.19. The molecular formula is C10H17Li. The van der Waals surface area contributed by atoms with Crippen LogP contribution in [0.3, 0.4) is 0 Å². The first-order valence-corrected chi connectivity index (χ1v) is 4.91. The fourth-order valence-corrected chi connectivity index (χ4v) is 3.33. The van der Waals surface area contributed by atoms with Gasteiger partial charge in [-0.1, -0.05) is 0 Å². The van der Waals surface area contributed by atoms with Crippen molar-refractivity contribution in [2.24, 2.45) is 10.8 Å². The monoisotopic (exact) mass is 144 g/mol. The summed E-state index contributed by atoms with van der Waals surface area (Å²) in [5.41, 5.74) is 1.27. The van der Waals surface area contributed by atoms with Crippen molar-refractivity contribution in [1.82, 2.24) is 0 Å². The van der Waals surface area contributed by atoms with Crippen molar-refractivity contribution in [1.29, 1.82) is 0 Å². The van der Waals surface area contributed by atoms with Gasteiger partial charge in [-0.15, -0.1) is 0 Å². The van der Waals surface area contributed by atoms with Gasteiger partial charge in [0.2, 0.25) is 0 Å². The van der Waals surface area contributed by atoms with Crippen LogP contribution in [-0.4, -0.2) is 17.7 Å². The predicted molar refractivity (Wildman–Crippen MR) is 48.8 cm³/mol. The van der Waals surface area contributed by atoms with Gasteiger partial charge in [0.25, 0.3) is 0 Å². The van der Waals surface area contributed by atoms with Gasteiger partial charge in [0, 0.05) is 0 Å². The van der Waals surface area contributed by atoms with E-state index in [0.29, 0.717) is 14.9 Å². The van der Waals surface area contributed by atoms with Crippen molar-refractivity contribution in [2.45, 2.75) is 50.5 Å². The predicted octanol–water partition coefficient (Wildman–Crippen LogP) is 2.93. The molecule has 2 aliphatic rings. The first-order valence-electron chi connectivity index (χ1n) is 4.91. The minimum absolute atomic E-state index is 0.597. The molecule has 0 aromatic rings. The molecule has 0 aromatic carbocycles. The van der Waals surface area contributed by atoms with Gasteiger partial charge in [-0.05, 0) is 0 Å². The van der Waals surface area contributed by atoms with E-state index in [9.17, 15) is 0 Å². The molecule has 0 aliphatic heterocycles. The van der Waals surface area contributed by atoms with Gasteiger partial charge < -0.3 is 0 Å². The Morgan fingerprint density at radius 3 is 1.45 bits per heavy atom. The topological polar surface area (TPSA) is 0 Å². The molecule has 0 spiro atoms. The zero-order valence-electron chi connectivity index (χ0n) is 8.33. The van der Waals surface area contributed by atoms with Crippen molar-refractivity contribution in [2.75, 3.05) is 0 Å². The number of hydrogen-bond donors (Lipinski definition) is 0. The molecule has 2 fully saturated rings. The molecule has 0 saturated heterocycles. The summed E-state index contributed by atoms with van der Waals surface area (Å²) in [5.74, 6) is 0. The quantitative estimate of drug-likeness (QED) is 0.458. The molecule has 2 rings (SSSR count). The van der Waals surface area contributed by atoms with Crippen LogP contribution in [0.25, 0.3) is 0 Å². The van der Waals surface area contributed by atoms with E-state index in [0.717, 1.165) is 0 Å². The average molecular weight is 144 g/mol. The maximum absolute atomic E-state index is 2.49. The van der Waals surface area contributed by atoms with Gasteiger partial charge in [0.05, 0.1) is 0 Å². The zero-order valence-corrected chi connectivity index (χ0v) is 8.33. The third-order valence-electron chi connectivity index (χ3n) is 5.47. The van der Waals surface area contributed by atoms with Gasteiger partial charge in [0.15, 0.2) is 0 Å². The standard InChI is InChI=1S/C10H17.Li/c1-9(2)8-4-6-10(9,3)7-5-8;/h4-7H2,1-3H3;. The van der Waals surface area contributed by atoms with Crippen LogP contribution >= 0.6 is 0 Å². The van der Waals surface area contributed by atoms with Crippen LogP contribution in [0, 0.1) is 10.8 Å². The van der Waals surface area contributed by atoms with Crippen LogP contribution in [0.5, 0.6) is 0 Å². The summed E-state index contributed by atoms with van der Waals surface area (Å²) in [6, 6.07) is 0. The van der Waals surface area contributed by atoms with Crippen LogP contribution in [0.2, 0.25) is 4.09 Å². The first kappa shape index (κ1) is 8.21.